The standard InChI is InChI=1S/C19H26N4O3S/c1-4-16(22-17(24)9-10-27-11-18(25)26-3)19(23-13-20-12-21-23)15-7-5-14(2)6-8-15/h5-8,12-13,16,19H,4,9-11H2,1-3H3,(H,22,24)/t16-,19-/m0/s1. The Bertz CT molecular complexity index is 719. The molecular formula is C19H26N4O3S. The van der Waals surface area contributed by atoms with Crippen LogP contribution in [0, 0.1) is 6.92 Å². The van der Waals surface area contributed by atoms with Crippen molar-refractivity contribution in [3.63, 3.8) is 0 Å². The summed E-state index contributed by atoms with van der Waals surface area (Å²) in [4.78, 5) is 27.6. The number of carbonyl (C=O) groups excluding carboxylic acids is 2. The van der Waals surface area contributed by atoms with Crippen LogP contribution in [0.4, 0.5) is 0 Å². The number of carbonyl (C=O) groups is 2. The minimum atomic E-state index is -0.280. The van der Waals surface area contributed by atoms with E-state index in [0.29, 0.717) is 12.2 Å². The van der Waals surface area contributed by atoms with Gasteiger partial charge in [-0.15, -0.1) is 11.8 Å². The molecule has 2 atom stereocenters. The summed E-state index contributed by atoms with van der Waals surface area (Å²) in [5.41, 5.74) is 2.24. The Morgan fingerprint density at radius 1 is 1.30 bits per heavy atom. The fourth-order valence-corrected chi connectivity index (χ4v) is 3.52. The van der Waals surface area contributed by atoms with Gasteiger partial charge in [0.25, 0.3) is 0 Å². The predicted octanol–water partition coefficient (Wildman–Crippen LogP) is 2.37. The summed E-state index contributed by atoms with van der Waals surface area (Å²) in [5, 5.41) is 7.41. The first-order chi connectivity index (χ1) is 13.0. The average Bonchev–Trinajstić information content (AvgIpc) is 3.20. The summed E-state index contributed by atoms with van der Waals surface area (Å²) in [6, 6.07) is 7.97. The van der Waals surface area contributed by atoms with E-state index in [-0.39, 0.29) is 29.7 Å². The van der Waals surface area contributed by atoms with Gasteiger partial charge < -0.3 is 10.1 Å². The zero-order chi connectivity index (χ0) is 19.6. The van der Waals surface area contributed by atoms with Gasteiger partial charge >= 0.3 is 5.97 Å². The van der Waals surface area contributed by atoms with Gasteiger partial charge in [-0.2, -0.15) is 5.10 Å². The number of rotatable bonds is 10. The predicted molar refractivity (Wildman–Crippen MR) is 106 cm³/mol. The summed E-state index contributed by atoms with van der Waals surface area (Å²) in [6.45, 7) is 4.08. The van der Waals surface area contributed by atoms with Crippen LogP contribution in [-0.4, -0.2) is 51.3 Å². The number of nitrogens with zero attached hydrogens (tertiary/aromatic N) is 3. The van der Waals surface area contributed by atoms with E-state index in [4.69, 9.17) is 0 Å². The number of methoxy groups -OCH3 is 1. The highest BCUT2D eigenvalue weighted by atomic mass is 32.2. The second-order valence-electron chi connectivity index (χ2n) is 6.19. The Labute approximate surface area is 163 Å². The maximum atomic E-state index is 12.4. The maximum absolute atomic E-state index is 12.4. The molecule has 0 aliphatic heterocycles. The number of ether oxygens (including phenoxy) is 1. The van der Waals surface area contributed by atoms with Crippen molar-refractivity contribution >= 4 is 23.6 Å². The highest BCUT2D eigenvalue weighted by Crippen LogP contribution is 2.24. The topological polar surface area (TPSA) is 86.1 Å². The molecule has 1 aromatic carbocycles. The Balaban J connectivity index is 2.03. The van der Waals surface area contributed by atoms with E-state index in [2.05, 4.69) is 44.4 Å². The summed E-state index contributed by atoms with van der Waals surface area (Å²) in [6.07, 6.45) is 4.26. The van der Waals surface area contributed by atoms with E-state index in [0.717, 1.165) is 12.0 Å². The molecule has 1 amide bonds. The fraction of sp³-hybridized carbons (Fsp3) is 0.474. The maximum Gasteiger partial charge on any atom is 0.315 e. The van der Waals surface area contributed by atoms with Crippen LogP contribution < -0.4 is 5.32 Å². The first kappa shape index (κ1) is 21.0. The highest BCUT2D eigenvalue weighted by molar-refractivity contribution is 7.99. The van der Waals surface area contributed by atoms with E-state index in [1.165, 1.54) is 30.8 Å². The molecule has 0 bridgehead atoms. The van der Waals surface area contributed by atoms with Crippen LogP contribution in [0.3, 0.4) is 0 Å². The lowest BCUT2D eigenvalue weighted by Gasteiger charge is -2.28. The van der Waals surface area contributed by atoms with Crippen LogP contribution in [-0.2, 0) is 14.3 Å². The molecule has 1 N–H and O–H groups in total. The third-order valence-electron chi connectivity index (χ3n) is 4.23. The van der Waals surface area contributed by atoms with Crippen LogP contribution in [0.2, 0.25) is 0 Å². The number of benzene rings is 1. The third-order valence-corrected chi connectivity index (χ3v) is 5.16. The fourth-order valence-electron chi connectivity index (χ4n) is 2.76. The van der Waals surface area contributed by atoms with Gasteiger partial charge in [-0.05, 0) is 18.9 Å². The molecule has 2 rings (SSSR count). The van der Waals surface area contributed by atoms with Gasteiger partial charge in [0.05, 0.1) is 24.9 Å². The Morgan fingerprint density at radius 3 is 2.63 bits per heavy atom. The van der Waals surface area contributed by atoms with Crippen molar-refractivity contribution in [1.29, 1.82) is 0 Å². The number of nitrogens with one attached hydrogen (secondary N) is 1. The lowest BCUT2D eigenvalue weighted by molar-refractivity contribution is -0.137. The van der Waals surface area contributed by atoms with E-state index in [9.17, 15) is 9.59 Å². The molecule has 8 heteroatoms. The molecule has 0 aliphatic carbocycles. The highest BCUT2D eigenvalue weighted by Gasteiger charge is 2.25. The van der Waals surface area contributed by atoms with Crippen LogP contribution in [0.25, 0.3) is 0 Å². The van der Waals surface area contributed by atoms with E-state index >= 15 is 0 Å². The van der Waals surface area contributed by atoms with Crippen LogP contribution in [0.15, 0.2) is 36.9 Å². The van der Waals surface area contributed by atoms with Gasteiger partial charge in [0.2, 0.25) is 5.91 Å². The first-order valence-electron chi connectivity index (χ1n) is 8.89. The van der Waals surface area contributed by atoms with Crippen molar-refractivity contribution in [2.24, 2.45) is 0 Å². The SMILES string of the molecule is CC[C@H](NC(=O)CCSCC(=O)OC)[C@H](c1ccc(C)cc1)n1cncn1. The Morgan fingerprint density at radius 2 is 2.04 bits per heavy atom. The van der Waals surface area contributed by atoms with Gasteiger partial charge in [0.1, 0.15) is 12.7 Å². The number of aryl methyl sites for hydroxylation is 1. The van der Waals surface area contributed by atoms with Gasteiger partial charge in [-0.1, -0.05) is 36.8 Å². The monoisotopic (exact) mass is 390 g/mol. The van der Waals surface area contributed by atoms with Crippen LogP contribution >= 0.6 is 11.8 Å². The van der Waals surface area contributed by atoms with Gasteiger partial charge in [-0.25, -0.2) is 9.67 Å². The lowest BCUT2D eigenvalue weighted by atomic mass is 9.96. The van der Waals surface area contributed by atoms with Gasteiger partial charge in [0.15, 0.2) is 0 Å². The quantitative estimate of drug-likeness (QED) is 0.495. The van der Waals surface area contributed by atoms with E-state index < -0.39 is 0 Å². The van der Waals surface area contributed by atoms with Crippen molar-refractivity contribution in [1.82, 2.24) is 20.1 Å². The van der Waals surface area contributed by atoms with Gasteiger partial charge in [-0.3, -0.25) is 9.59 Å². The third kappa shape index (κ3) is 6.39. The van der Waals surface area contributed by atoms with E-state index in [1.54, 1.807) is 11.0 Å². The van der Waals surface area contributed by atoms with Gasteiger partial charge in [0, 0.05) is 12.2 Å². The molecule has 7 nitrogen and oxygen atoms in total. The number of amides is 1. The largest absolute Gasteiger partial charge is 0.468 e. The number of hydrogen-bond acceptors (Lipinski definition) is 6. The molecule has 0 spiro atoms. The summed E-state index contributed by atoms with van der Waals surface area (Å²) < 4.78 is 6.38. The van der Waals surface area contributed by atoms with E-state index in [1.807, 2.05) is 13.8 Å². The summed E-state index contributed by atoms with van der Waals surface area (Å²) >= 11 is 1.39. The molecular weight excluding hydrogens is 364 g/mol. The second kappa shape index (κ2) is 10.7. The molecule has 0 fully saturated rings. The minimum Gasteiger partial charge on any atom is -0.468 e. The van der Waals surface area contributed by atoms with Crippen molar-refractivity contribution in [2.45, 2.75) is 38.8 Å². The molecule has 1 aromatic heterocycles. The first-order valence-corrected chi connectivity index (χ1v) is 10.0. The van der Waals surface area contributed by atoms with Crippen LogP contribution in [0.5, 0.6) is 0 Å². The molecule has 0 radical (unpaired) electrons. The Hall–Kier alpha value is -2.35. The minimum absolute atomic E-state index is 0.0450. The molecule has 0 unspecified atom stereocenters. The normalized spacial score (nSPS) is 13.0. The zero-order valence-corrected chi connectivity index (χ0v) is 16.7. The summed E-state index contributed by atoms with van der Waals surface area (Å²) in [7, 11) is 1.36. The van der Waals surface area contributed by atoms with Crippen molar-refractivity contribution in [3.05, 3.63) is 48.0 Å². The second-order valence-corrected chi connectivity index (χ2v) is 7.30. The molecule has 0 saturated carbocycles. The average molecular weight is 391 g/mol. The van der Waals surface area contributed by atoms with Crippen LogP contribution in [0.1, 0.15) is 36.9 Å². The number of thioether (sulfide) groups is 1. The molecule has 1 heterocycles. The van der Waals surface area contributed by atoms with Crippen molar-refractivity contribution in [2.75, 3.05) is 18.6 Å². The smallest absolute Gasteiger partial charge is 0.315 e. The molecule has 0 aliphatic rings. The van der Waals surface area contributed by atoms with Crippen molar-refractivity contribution in [3.8, 4) is 0 Å². The molecule has 0 saturated heterocycles. The van der Waals surface area contributed by atoms with Crippen molar-refractivity contribution < 1.29 is 14.3 Å². The zero-order valence-electron chi connectivity index (χ0n) is 15.9. The summed E-state index contributed by atoms with van der Waals surface area (Å²) in [5.74, 6) is 0.496. The number of hydrogen-bond donors (Lipinski definition) is 1. The Kier molecular flexibility index (Phi) is 8.32. The molecule has 146 valence electrons. The molecule has 27 heavy (non-hydrogen) atoms. The number of aromatic nitrogens is 3. The molecule has 2 aromatic rings. The lowest BCUT2D eigenvalue weighted by Crippen LogP contribution is -2.41. The number of esters is 1.